The highest BCUT2D eigenvalue weighted by atomic mass is 28.3. The van der Waals surface area contributed by atoms with Crippen LogP contribution in [0.4, 0.5) is 0 Å². The van der Waals surface area contributed by atoms with Crippen LogP contribution < -0.4 is 0 Å². The molecule has 1 aliphatic rings. The summed E-state index contributed by atoms with van der Waals surface area (Å²) in [5.41, 5.74) is 1.46. The van der Waals surface area contributed by atoms with Crippen molar-refractivity contribution in [1.29, 1.82) is 0 Å². The van der Waals surface area contributed by atoms with Crippen LogP contribution in [-0.2, 0) is 0 Å². The maximum Gasteiger partial charge on any atom is 0.0723 e. The van der Waals surface area contributed by atoms with Gasteiger partial charge in [0.15, 0.2) is 0 Å². The van der Waals surface area contributed by atoms with Crippen molar-refractivity contribution in [2.45, 2.75) is 52.1 Å². The molecule has 1 aliphatic carbocycles. The third-order valence-corrected chi connectivity index (χ3v) is 7.86. The lowest BCUT2D eigenvalue weighted by atomic mass is 10.2. The van der Waals surface area contributed by atoms with Crippen LogP contribution in [0.25, 0.3) is 0 Å². The highest BCUT2D eigenvalue weighted by Gasteiger charge is 2.33. The lowest BCUT2D eigenvalue weighted by Gasteiger charge is -2.26. The average Bonchev–Trinajstić information content (AvgIpc) is 2.27. The zero-order valence-electron chi connectivity index (χ0n) is 10.6. The van der Waals surface area contributed by atoms with Crippen LogP contribution in [0.2, 0.25) is 39.3 Å². The molecule has 0 amide bonds. The minimum absolute atomic E-state index is 1.09. The van der Waals surface area contributed by atoms with Crippen molar-refractivity contribution in [2.75, 3.05) is 0 Å². The van der Waals surface area contributed by atoms with Gasteiger partial charge in [0.2, 0.25) is 0 Å². The van der Waals surface area contributed by atoms with E-state index < -0.39 is 16.1 Å². The van der Waals surface area contributed by atoms with E-state index in [1.807, 2.05) is 10.4 Å². The second-order valence-electron chi connectivity index (χ2n) is 6.56. The van der Waals surface area contributed by atoms with Gasteiger partial charge in [0.05, 0.1) is 16.1 Å². The van der Waals surface area contributed by atoms with Gasteiger partial charge in [-0.25, -0.2) is 0 Å². The molecule has 0 saturated heterocycles. The fourth-order valence-electron chi connectivity index (χ4n) is 2.21. The van der Waals surface area contributed by atoms with Crippen molar-refractivity contribution in [1.82, 2.24) is 0 Å². The van der Waals surface area contributed by atoms with Crippen LogP contribution in [0, 0.1) is 0 Å². The minimum Gasteiger partial charge on any atom is -0.0992 e. The van der Waals surface area contributed by atoms with Crippen molar-refractivity contribution in [3.8, 4) is 0 Å². The van der Waals surface area contributed by atoms with Crippen LogP contribution in [-0.4, -0.2) is 16.1 Å². The van der Waals surface area contributed by atoms with Crippen LogP contribution >= 0.6 is 0 Å². The van der Waals surface area contributed by atoms with Gasteiger partial charge in [0, 0.05) is 0 Å². The zero-order valence-corrected chi connectivity index (χ0v) is 12.6. The Labute approximate surface area is 91.1 Å². The molecular formula is C12H24Si2. The van der Waals surface area contributed by atoms with E-state index in [2.05, 4.69) is 45.9 Å². The fraction of sp³-hybridized carbons (Fsp3) is 0.667. The molecule has 0 spiro atoms. The van der Waals surface area contributed by atoms with Gasteiger partial charge >= 0.3 is 0 Å². The summed E-state index contributed by atoms with van der Waals surface area (Å²) in [6.45, 7) is 19.0. The molecule has 80 valence electrons. The van der Waals surface area contributed by atoms with E-state index in [0.29, 0.717) is 0 Å². The van der Waals surface area contributed by atoms with Crippen LogP contribution in [0.15, 0.2) is 22.5 Å². The van der Waals surface area contributed by atoms with Crippen molar-refractivity contribution >= 4 is 16.1 Å². The third kappa shape index (κ3) is 2.48. The van der Waals surface area contributed by atoms with Crippen molar-refractivity contribution in [3.63, 3.8) is 0 Å². The Kier molecular flexibility index (Phi) is 2.99. The lowest BCUT2D eigenvalue weighted by molar-refractivity contribution is 1.18. The van der Waals surface area contributed by atoms with E-state index in [4.69, 9.17) is 0 Å². The minimum atomic E-state index is -1.09. The summed E-state index contributed by atoms with van der Waals surface area (Å²) < 4.78 is 0. The smallest absolute Gasteiger partial charge is 0.0723 e. The molecule has 0 aliphatic heterocycles. The maximum atomic E-state index is 4.18. The summed E-state index contributed by atoms with van der Waals surface area (Å²) in [5, 5.41) is 3.64. The summed E-state index contributed by atoms with van der Waals surface area (Å²) in [6, 6.07) is 0. The number of rotatable bonds is 2. The van der Waals surface area contributed by atoms with E-state index in [1.54, 1.807) is 0 Å². The first-order valence-electron chi connectivity index (χ1n) is 5.52. The van der Waals surface area contributed by atoms with Gasteiger partial charge in [-0.15, -0.1) is 0 Å². The van der Waals surface area contributed by atoms with Gasteiger partial charge in [-0.3, -0.25) is 0 Å². The molecule has 0 unspecified atom stereocenters. The van der Waals surface area contributed by atoms with Crippen LogP contribution in [0.3, 0.4) is 0 Å². The molecule has 0 heterocycles. The van der Waals surface area contributed by atoms with Gasteiger partial charge in [-0.1, -0.05) is 61.8 Å². The molecule has 0 aromatic rings. The topological polar surface area (TPSA) is 0 Å². The van der Waals surface area contributed by atoms with E-state index in [1.165, 1.54) is 18.4 Å². The molecule has 0 atom stereocenters. The Morgan fingerprint density at radius 1 is 0.786 bits per heavy atom. The average molecular weight is 224 g/mol. The monoisotopic (exact) mass is 224 g/mol. The zero-order chi connectivity index (χ0) is 11.1. The molecule has 2 heteroatoms. The molecule has 14 heavy (non-hydrogen) atoms. The molecule has 0 radical (unpaired) electrons. The molecule has 0 aromatic heterocycles. The third-order valence-electron chi connectivity index (χ3n) is 3.03. The first-order valence-corrected chi connectivity index (χ1v) is 12.5. The molecule has 1 rings (SSSR count). The highest BCUT2D eigenvalue weighted by molar-refractivity contribution is 6.89. The van der Waals surface area contributed by atoms with Gasteiger partial charge in [-0.05, 0) is 12.8 Å². The van der Waals surface area contributed by atoms with Crippen molar-refractivity contribution < 1.29 is 0 Å². The number of hydrogen-bond acceptors (Lipinski definition) is 0. The van der Waals surface area contributed by atoms with Gasteiger partial charge in [-0.2, -0.15) is 0 Å². The summed E-state index contributed by atoms with van der Waals surface area (Å²) in [4.78, 5) is 0. The van der Waals surface area contributed by atoms with Gasteiger partial charge in [0.25, 0.3) is 0 Å². The first-order chi connectivity index (χ1) is 6.12. The number of hydrogen-bond donors (Lipinski definition) is 0. The summed E-state index contributed by atoms with van der Waals surface area (Å²) in [7, 11) is -2.17. The van der Waals surface area contributed by atoms with Crippen LogP contribution in [0.5, 0.6) is 0 Å². The normalized spacial score (nSPS) is 19.4. The Morgan fingerprint density at radius 3 is 1.29 bits per heavy atom. The SMILES string of the molecule is C=C1CC([Si](C)(C)C)=C([Si](C)(C)C)C1. The van der Waals surface area contributed by atoms with E-state index >= 15 is 0 Å². The molecular weight excluding hydrogens is 200 g/mol. The maximum absolute atomic E-state index is 4.18. The summed E-state index contributed by atoms with van der Waals surface area (Å²) in [5.74, 6) is 0. The van der Waals surface area contributed by atoms with Crippen molar-refractivity contribution in [3.05, 3.63) is 22.5 Å². The Hall–Kier alpha value is -0.0862. The Morgan fingerprint density at radius 2 is 1.07 bits per heavy atom. The Balaban J connectivity index is 3.14. The Bertz CT molecular complexity index is 256. The predicted molar refractivity (Wildman–Crippen MR) is 72.1 cm³/mol. The number of allylic oxidation sites excluding steroid dienone is 3. The fourth-order valence-corrected chi connectivity index (χ4v) is 8.01. The summed E-state index contributed by atoms with van der Waals surface area (Å²) >= 11 is 0. The molecule has 0 saturated carbocycles. The second kappa shape index (κ2) is 3.49. The first kappa shape index (κ1) is 12.0. The van der Waals surface area contributed by atoms with E-state index in [-0.39, 0.29) is 0 Å². The second-order valence-corrected chi connectivity index (χ2v) is 16.8. The van der Waals surface area contributed by atoms with Gasteiger partial charge in [0.1, 0.15) is 0 Å². The highest BCUT2D eigenvalue weighted by Crippen LogP contribution is 2.39. The largest absolute Gasteiger partial charge is 0.0992 e. The quantitative estimate of drug-likeness (QED) is 0.482. The standard InChI is InChI=1S/C12H24Si2/c1-10-8-11(13(2,3)4)12(9-10)14(5,6)7/h1,8-9H2,2-7H3. The van der Waals surface area contributed by atoms with E-state index in [9.17, 15) is 0 Å². The molecule has 0 bridgehead atoms. The predicted octanol–water partition coefficient (Wildman–Crippen LogP) is 4.39. The molecule has 0 nitrogen and oxygen atoms in total. The van der Waals surface area contributed by atoms with Gasteiger partial charge < -0.3 is 0 Å². The molecule has 0 N–H and O–H groups in total. The van der Waals surface area contributed by atoms with Crippen molar-refractivity contribution in [2.24, 2.45) is 0 Å². The van der Waals surface area contributed by atoms with E-state index in [0.717, 1.165) is 0 Å². The molecule has 0 aromatic carbocycles. The van der Waals surface area contributed by atoms with Crippen LogP contribution in [0.1, 0.15) is 12.8 Å². The molecule has 0 fully saturated rings. The summed E-state index contributed by atoms with van der Waals surface area (Å²) in [6.07, 6.45) is 2.44. The lowest BCUT2D eigenvalue weighted by Crippen LogP contribution is -2.31.